The number of nitrogens with zero attached hydrogens (tertiary/aromatic N) is 3. The highest BCUT2D eigenvalue weighted by molar-refractivity contribution is 5.67. The Morgan fingerprint density at radius 1 is 1.58 bits per heavy atom. The highest BCUT2D eigenvalue weighted by Crippen LogP contribution is 2.08. The van der Waals surface area contributed by atoms with E-state index in [4.69, 9.17) is 0 Å². The van der Waals surface area contributed by atoms with Crippen molar-refractivity contribution in [3.63, 3.8) is 0 Å². The Morgan fingerprint density at radius 3 is 3.17 bits per heavy atom. The topological polar surface area (TPSA) is 77.9 Å². The predicted molar refractivity (Wildman–Crippen MR) is 40.3 cm³/mol. The summed E-state index contributed by atoms with van der Waals surface area (Å²) in [6.45, 7) is 0. The van der Waals surface area contributed by atoms with Crippen molar-refractivity contribution in [1.82, 2.24) is 10.1 Å². The summed E-state index contributed by atoms with van der Waals surface area (Å²) in [5, 5.41) is 17.1. The number of rotatable bonds is 1. The van der Waals surface area contributed by atoms with Gasteiger partial charge in [-0.05, 0) is 17.0 Å². The number of aromatic nitrogens is 3. The summed E-state index contributed by atoms with van der Waals surface area (Å²) in [6, 6.07) is 3.27. The van der Waals surface area contributed by atoms with Gasteiger partial charge >= 0.3 is 5.65 Å². The summed E-state index contributed by atoms with van der Waals surface area (Å²) >= 11 is 0. The molecule has 0 aliphatic heterocycles. The molecule has 0 atom stereocenters. The molecule has 12 heavy (non-hydrogen) atoms. The third-order valence-corrected chi connectivity index (χ3v) is 1.51. The average molecular weight is 166 g/mol. The third kappa shape index (κ3) is 0.849. The van der Waals surface area contributed by atoms with E-state index in [1.165, 1.54) is 0 Å². The quantitative estimate of drug-likeness (QED) is 0.598. The minimum absolute atomic E-state index is 0.303. The molecular weight excluding hydrogens is 160 g/mol. The number of anilines is 1. The fraction of sp³-hybridized carbons (Fsp3) is 0.167. The number of pyridine rings is 1. The minimum atomic E-state index is 0.303. The summed E-state index contributed by atoms with van der Waals surface area (Å²) in [5.74, 6) is 0.649. The molecule has 2 rings (SSSR count). The Bertz CT molecular complexity index is 411. The highest BCUT2D eigenvalue weighted by atomic mass is 16.8. The van der Waals surface area contributed by atoms with E-state index < -0.39 is 0 Å². The first-order valence-corrected chi connectivity index (χ1v) is 3.35. The molecule has 6 nitrogen and oxygen atoms in total. The predicted octanol–water partition coefficient (Wildman–Crippen LogP) is -0.102. The van der Waals surface area contributed by atoms with E-state index in [1.54, 1.807) is 19.2 Å². The van der Waals surface area contributed by atoms with Gasteiger partial charge in [-0.15, -0.1) is 0 Å². The van der Waals surface area contributed by atoms with Gasteiger partial charge in [-0.25, -0.2) is 0 Å². The summed E-state index contributed by atoms with van der Waals surface area (Å²) in [4.78, 5) is 4.30. The molecule has 2 heterocycles. The summed E-state index contributed by atoms with van der Waals surface area (Å²) in [7, 11) is 1.74. The molecule has 0 amide bonds. The summed E-state index contributed by atoms with van der Waals surface area (Å²) < 4.78 is 4.34. The van der Waals surface area contributed by atoms with Crippen molar-refractivity contribution in [2.75, 3.05) is 12.4 Å². The van der Waals surface area contributed by atoms with Crippen LogP contribution in [0.1, 0.15) is 0 Å². The molecule has 0 fully saturated rings. The molecule has 0 aliphatic rings. The van der Waals surface area contributed by atoms with E-state index in [0.717, 1.165) is 0 Å². The summed E-state index contributed by atoms with van der Waals surface area (Å²) in [5.41, 5.74) is 0.630. The van der Waals surface area contributed by atoms with Gasteiger partial charge in [0.1, 0.15) is 5.82 Å². The molecule has 2 aromatic rings. The van der Waals surface area contributed by atoms with Crippen LogP contribution in [0.2, 0.25) is 0 Å². The fourth-order valence-electron chi connectivity index (χ4n) is 0.910. The zero-order valence-corrected chi connectivity index (χ0v) is 6.31. The maximum absolute atomic E-state index is 10.8. The van der Waals surface area contributed by atoms with Crippen LogP contribution in [-0.2, 0) is 0 Å². The second-order valence-electron chi connectivity index (χ2n) is 2.22. The molecule has 0 radical (unpaired) electrons. The lowest BCUT2D eigenvalue weighted by Gasteiger charge is -1.93. The second kappa shape index (κ2) is 2.33. The van der Waals surface area contributed by atoms with Gasteiger partial charge in [0.05, 0.1) is 5.16 Å². The van der Waals surface area contributed by atoms with Gasteiger partial charge in [-0.1, -0.05) is 0 Å². The van der Waals surface area contributed by atoms with E-state index >= 15 is 0 Å². The van der Waals surface area contributed by atoms with Crippen molar-refractivity contribution in [3.8, 4) is 0 Å². The van der Waals surface area contributed by atoms with Crippen LogP contribution < -0.4 is 10.2 Å². The molecule has 1 N–H and O–H groups in total. The Labute approximate surface area is 67.3 Å². The molecule has 62 valence electrons. The first-order chi connectivity index (χ1) is 5.81. The lowest BCUT2D eigenvalue weighted by molar-refractivity contribution is -0.782. The van der Waals surface area contributed by atoms with Gasteiger partial charge in [-0.2, -0.15) is 4.98 Å². The van der Waals surface area contributed by atoms with Crippen LogP contribution in [-0.4, -0.2) is 17.2 Å². The van der Waals surface area contributed by atoms with Crippen molar-refractivity contribution in [1.29, 1.82) is 0 Å². The molecule has 0 aliphatic carbocycles. The van der Waals surface area contributed by atoms with Crippen LogP contribution in [0.4, 0.5) is 5.82 Å². The zero-order valence-electron chi connectivity index (χ0n) is 6.31. The van der Waals surface area contributed by atoms with E-state index in [1.807, 2.05) is 0 Å². The Kier molecular flexibility index (Phi) is 1.33. The highest BCUT2D eigenvalue weighted by Gasteiger charge is 2.09. The van der Waals surface area contributed by atoms with E-state index in [-0.39, 0.29) is 0 Å². The van der Waals surface area contributed by atoms with Gasteiger partial charge in [0.25, 0.3) is 0 Å². The first-order valence-electron chi connectivity index (χ1n) is 3.35. The molecule has 2 aromatic heterocycles. The Hall–Kier alpha value is -1.85. The van der Waals surface area contributed by atoms with Gasteiger partial charge in [0.15, 0.2) is 0 Å². The maximum Gasteiger partial charge on any atom is 0.342 e. The minimum Gasteiger partial charge on any atom is -0.373 e. The van der Waals surface area contributed by atoms with E-state index in [0.29, 0.717) is 21.9 Å². The van der Waals surface area contributed by atoms with Crippen molar-refractivity contribution >= 4 is 17.0 Å². The average Bonchev–Trinajstić information content (AvgIpc) is 2.47. The van der Waals surface area contributed by atoms with Gasteiger partial charge in [0.2, 0.25) is 5.52 Å². The molecular formula is C6H6N4O2. The van der Waals surface area contributed by atoms with Crippen molar-refractivity contribution in [3.05, 3.63) is 17.3 Å². The van der Waals surface area contributed by atoms with Crippen LogP contribution in [0.3, 0.4) is 0 Å². The number of fused-ring (bicyclic) bond motifs is 1. The molecule has 0 unspecified atom stereocenters. The third-order valence-electron chi connectivity index (χ3n) is 1.51. The van der Waals surface area contributed by atoms with Gasteiger partial charge in [0, 0.05) is 7.05 Å². The Balaban J connectivity index is 2.69. The van der Waals surface area contributed by atoms with E-state index in [9.17, 15) is 5.21 Å². The van der Waals surface area contributed by atoms with Crippen LogP contribution in [0.5, 0.6) is 0 Å². The Morgan fingerprint density at radius 2 is 2.42 bits per heavy atom. The van der Waals surface area contributed by atoms with Crippen molar-refractivity contribution < 1.29 is 9.53 Å². The standard InChI is InChI=1S/C6H6N4O2/c1-7-5-3-2-4-6(8-5)9-12-10(4)11/h2-3H,1H3,(H,7,8,9). The summed E-state index contributed by atoms with van der Waals surface area (Å²) in [6.07, 6.45) is 0. The molecule has 0 saturated carbocycles. The molecule has 6 heteroatoms. The number of nitrogens with one attached hydrogen (secondary N) is 1. The van der Waals surface area contributed by atoms with Crippen LogP contribution in [0, 0.1) is 5.21 Å². The molecule has 0 aromatic carbocycles. The fourth-order valence-corrected chi connectivity index (χ4v) is 0.910. The first kappa shape index (κ1) is 6.84. The van der Waals surface area contributed by atoms with Crippen molar-refractivity contribution in [2.24, 2.45) is 0 Å². The van der Waals surface area contributed by atoms with E-state index in [2.05, 4.69) is 20.1 Å². The zero-order chi connectivity index (χ0) is 8.55. The maximum atomic E-state index is 10.8. The molecule has 0 spiro atoms. The largest absolute Gasteiger partial charge is 0.373 e. The molecule has 0 bridgehead atoms. The second-order valence-corrected chi connectivity index (χ2v) is 2.22. The van der Waals surface area contributed by atoms with Gasteiger partial charge < -0.3 is 10.5 Å². The lowest BCUT2D eigenvalue weighted by atomic mass is 10.4. The number of hydrogen-bond acceptors (Lipinski definition) is 5. The van der Waals surface area contributed by atoms with Crippen LogP contribution >= 0.6 is 0 Å². The normalized spacial score (nSPS) is 10.4. The lowest BCUT2D eigenvalue weighted by Crippen LogP contribution is -2.22. The molecule has 0 saturated heterocycles. The van der Waals surface area contributed by atoms with Crippen LogP contribution in [0.25, 0.3) is 11.2 Å². The van der Waals surface area contributed by atoms with Crippen LogP contribution in [0.15, 0.2) is 16.8 Å². The van der Waals surface area contributed by atoms with Gasteiger partial charge in [-0.3, -0.25) is 4.63 Å². The van der Waals surface area contributed by atoms with Crippen molar-refractivity contribution in [2.45, 2.75) is 0 Å². The smallest absolute Gasteiger partial charge is 0.342 e. The SMILES string of the molecule is CNc1ccc2c(no[n+]2[O-])n1. The monoisotopic (exact) mass is 166 g/mol. The number of hydrogen-bond donors (Lipinski definition) is 1.